The van der Waals surface area contributed by atoms with Crippen LogP contribution in [0.3, 0.4) is 0 Å². The van der Waals surface area contributed by atoms with Gasteiger partial charge in [-0.05, 0) is 33.6 Å². The van der Waals surface area contributed by atoms with Gasteiger partial charge in [0.25, 0.3) is 5.91 Å². The molecule has 1 aliphatic heterocycles. The van der Waals surface area contributed by atoms with Crippen LogP contribution in [-0.2, 0) is 6.42 Å². The number of aryl methyl sites for hydroxylation is 1. The van der Waals surface area contributed by atoms with E-state index >= 15 is 0 Å². The highest BCUT2D eigenvalue weighted by molar-refractivity contribution is 6.03. The molecule has 1 fully saturated rings. The lowest BCUT2D eigenvalue weighted by atomic mass is 9.88. The Labute approximate surface area is 112 Å². The minimum absolute atomic E-state index is 0.0732. The molecule has 0 aromatic carbocycles. The number of carbonyl (C=O) groups is 2. The molecule has 3 rings (SSSR count). The number of nitrogens with zero attached hydrogens (tertiary/aromatic N) is 1. The maximum atomic E-state index is 12.5. The van der Waals surface area contributed by atoms with E-state index in [0.29, 0.717) is 23.5 Å². The third kappa shape index (κ3) is 1.73. The SMILES string of the molecule is Cc1c(C(=O)N2CCC2(C)C)oc2c1C(=O)CCC2. The van der Waals surface area contributed by atoms with Crippen molar-refractivity contribution in [1.29, 1.82) is 0 Å². The van der Waals surface area contributed by atoms with E-state index in [4.69, 9.17) is 4.42 Å². The zero-order chi connectivity index (χ0) is 13.8. The first-order chi connectivity index (χ1) is 8.92. The van der Waals surface area contributed by atoms with E-state index in [0.717, 1.165) is 31.4 Å². The quantitative estimate of drug-likeness (QED) is 0.781. The minimum Gasteiger partial charge on any atom is -0.455 e. The van der Waals surface area contributed by atoms with Crippen molar-refractivity contribution in [1.82, 2.24) is 4.90 Å². The van der Waals surface area contributed by atoms with Crippen LogP contribution in [-0.4, -0.2) is 28.7 Å². The summed E-state index contributed by atoms with van der Waals surface area (Å²) in [6.07, 6.45) is 3.16. The van der Waals surface area contributed by atoms with Crippen molar-refractivity contribution >= 4 is 11.7 Å². The van der Waals surface area contributed by atoms with E-state index in [1.54, 1.807) is 0 Å². The molecule has 0 bridgehead atoms. The summed E-state index contributed by atoms with van der Waals surface area (Å²) in [5.74, 6) is 1.11. The average molecular weight is 261 g/mol. The molecular weight excluding hydrogens is 242 g/mol. The van der Waals surface area contributed by atoms with Gasteiger partial charge in [0, 0.05) is 30.5 Å². The van der Waals surface area contributed by atoms with Crippen LogP contribution in [0, 0.1) is 6.92 Å². The first-order valence-corrected chi connectivity index (χ1v) is 6.89. The number of carbonyl (C=O) groups excluding carboxylic acids is 2. The number of likely N-dealkylation sites (tertiary alicyclic amines) is 1. The van der Waals surface area contributed by atoms with E-state index in [1.807, 2.05) is 11.8 Å². The van der Waals surface area contributed by atoms with Crippen molar-refractivity contribution in [2.45, 2.75) is 52.0 Å². The molecule has 2 heterocycles. The van der Waals surface area contributed by atoms with Crippen LogP contribution < -0.4 is 0 Å². The summed E-state index contributed by atoms with van der Waals surface area (Å²) in [5.41, 5.74) is 1.29. The molecule has 0 saturated carbocycles. The van der Waals surface area contributed by atoms with Crippen LogP contribution in [0.15, 0.2) is 4.42 Å². The van der Waals surface area contributed by atoms with Crippen molar-refractivity contribution < 1.29 is 14.0 Å². The zero-order valence-electron chi connectivity index (χ0n) is 11.7. The molecule has 1 aromatic rings. The topological polar surface area (TPSA) is 50.5 Å². The first kappa shape index (κ1) is 12.5. The van der Waals surface area contributed by atoms with Gasteiger partial charge in [0.05, 0.1) is 5.56 Å². The Bertz CT molecular complexity index is 568. The normalized spacial score (nSPS) is 21.0. The summed E-state index contributed by atoms with van der Waals surface area (Å²) in [6.45, 7) is 6.70. The number of rotatable bonds is 1. The molecule has 0 atom stereocenters. The highest BCUT2D eigenvalue weighted by atomic mass is 16.4. The van der Waals surface area contributed by atoms with E-state index in [2.05, 4.69) is 13.8 Å². The standard InChI is InChI=1S/C15H19NO3/c1-9-12-10(17)5-4-6-11(12)19-13(9)14(18)16-8-7-15(16,2)3/h4-8H2,1-3H3. The van der Waals surface area contributed by atoms with Crippen LogP contribution in [0.25, 0.3) is 0 Å². The van der Waals surface area contributed by atoms with E-state index in [-0.39, 0.29) is 17.2 Å². The Morgan fingerprint density at radius 1 is 1.32 bits per heavy atom. The highest BCUT2D eigenvalue weighted by Crippen LogP contribution is 2.35. The fraction of sp³-hybridized carbons (Fsp3) is 0.600. The van der Waals surface area contributed by atoms with Crippen molar-refractivity contribution in [3.8, 4) is 0 Å². The largest absolute Gasteiger partial charge is 0.455 e. The molecule has 2 aliphatic rings. The predicted molar refractivity (Wildman–Crippen MR) is 70.4 cm³/mol. The molecule has 4 heteroatoms. The second kappa shape index (κ2) is 3.95. The van der Waals surface area contributed by atoms with Gasteiger partial charge in [-0.1, -0.05) is 0 Å². The lowest BCUT2D eigenvalue weighted by molar-refractivity contribution is 0.0127. The fourth-order valence-electron chi connectivity index (χ4n) is 3.02. The molecule has 1 aliphatic carbocycles. The Morgan fingerprint density at radius 2 is 2.05 bits per heavy atom. The number of amides is 1. The molecule has 0 spiro atoms. The third-order valence-corrected chi connectivity index (χ3v) is 4.42. The smallest absolute Gasteiger partial charge is 0.290 e. The second-order valence-electron chi connectivity index (χ2n) is 6.15. The lowest BCUT2D eigenvalue weighted by Gasteiger charge is -2.48. The van der Waals surface area contributed by atoms with Gasteiger partial charge in [-0.2, -0.15) is 0 Å². The number of ketones is 1. The molecule has 1 aromatic heterocycles. The Hall–Kier alpha value is -1.58. The second-order valence-corrected chi connectivity index (χ2v) is 6.15. The first-order valence-electron chi connectivity index (χ1n) is 6.89. The van der Waals surface area contributed by atoms with Gasteiger partial charge in [0.1, 0.15) is 5.76 Å². The summed E-state index contributed by atoms with van der Waals surface area (Å²) >= 11 is 0. The monoisotopic (exact) mass is 261 g/mol. The lowest BCUT2D eigenvalue weighted by Crippen LogP contribution is -2.58. The minimum atomic E-state index is -0.0964. The van der Waals surface area contributed by atoms with Crippen molar-refractivity contribution in [2.24, 2.45) is 0 Å². The highest BCUT2D eigenvalue weighted by Gasteiger charge is 2.42. The van der Waals surface area contributed by atoms with Crippen LogP contribution >= 0.6 is 0 Å². The summed E-state index contributed by atoms with van der Waals surface area (Å²) in [4.78, 5) is 26.3. The molecule has 19 heavy (non-hydrogen) atoms. The summed E-state index contributed by atoms with van der Waals surface area (Å²) in [6, 6.07) is 0. The molecule has 1 amide bonds. The maximum absolute atomic E-state index is 12.5. The molecule has 1 saturated heterocycles. The van der Waals surface area contributed by atoms with Gasteiger partial charge in [0.15, 0.2) is 11.5 Å². The van der Waals surface area contributed by atoms with Gasteiger partial charge in [-0.25, -0.2) is 0 Å². The number of furan rings is 1. The number of hydrogen-bond donors (Lipinski definition) is 0. The van der Waals surface area contributed by atoms with Crippen LogP contribution in [0.5, 0.6) is 0 Å². The molecule has 0 N–H and O–H groups in total. The summed E-state index contributed by atoms with van der Waals surface area (Å²) in [5, 5.41) is 0. The van der Waals surface area contributed by atoms with Crippen LogP contribution in [0.2, 0.25) is 0 Å². The Balaban J connectivity index is 1.98. The molecule has 102 valence electrons. The van der Waals surface area contributed by atoms with E-state index < -0.39 is 0 Å². The fourth-order valence-corrected chi connectivity index (χ4v) is 3.02. The molecule has 0 radical (unpaired) electrons. The third-order valence-electron chi connectivity index (χ3n) is 4.42. The van der Waals surface area contributed by atoms with E-state index in [9.17, 15) is 9.59 Å². The van der Waals surface area contributed by atoms with Crippen molar-refractivity contribution in [2.75, 3.05) is 6.54 Å². The number of Topliss-reactive ketones (excluding diaryl/α,β-unsaturated/α-hetero) is 1. The molecule has 4 nitrogen and oxygen atoms in total. The number of fused-ring (bicyclic) bond motifs is 1. The van der Waals surface area contributed by atoms with Gasteiger partial charge in [0.2, 0.25) is 0 Å². The maximum Gasteiger partial charge on any atom is 0.290 e. The molecule has 0 unspecified atom stereocenters. The predicted octanol–water partition coefficient (Wildman–Crippen LogP) is 2.73. The Morgan fingerprint density at radius 3 is 2.58 bits per heavy atom. The summed E-state index contributed by atoms with van der Waals surface area (Å²) < 4.78 is 5.71. The van der Waals surface area contributed by atoms with Gasteiger partial charge in [-0.15, -0.1) is 0 Å². The van der Waals surface area contributed by atoms with Gasteiger partial charge >= 0.3 is 0 Å². The van der Waals surface area contributed by atoms with Gasteiger partial charge < -0.3 is 9.32 Å². The van der Waals surface area contributed by atoms with Crippen LogP contribution in [0.1, 0.15) is 65.3 Å². The zero-order valence-corrected chi connectivity index (χ0v) is 11.7. The molecular formula is C15H19NO3. The van der Waals surface area contributed by atoms with Crippen molar-refractivity contribution in [3.63, 3.8) is 0 Å². The van der Waals surface area contributed by atoms with Crippen molar-refractivity contribution in [3.05, 3.63) is 22.6 Å². The average Bonchev–Trinajstić information content (AvgIpc) is 2.67. The van der Waals surface area contributed by atoms with E-state index in [1.165, 1.54) is 0 Å². The Kier molecular flexibility index (Phi) is 2.59. The van der Waals surface area contributed by atoms with Crippen LogP contribution in [0.4, 0.5) is 0 Å². The summed E-state index contributed by atoms with van der Waals surface area (Å²) in [7, 11) is 0. The van der Waals surface area contributed by atoms with Gasteiger partial charge in [-0.3, -0.25) is 9.59 Å². The number of hydrogen-bond acceptors (Lipinski definition) is 3.